The number of nitrogens with one attached hydrogen (secondary N) is 1. The van der Waals surface area contributed by atoms with Gasteiger partial charge < -0.3 is 5.32 Å². The first-order chi connectivity index (χ1) is 14.3. The number of carbonyl (C=O) groups is 2. The Kier molecular flexibility index (Phi) is 8.54. The lowest BCUT2D eigenvalue weighted by atomic mass is 9.85. The van der Waals surface area contributed by atoms with Crippen molar-refractivity contribution in [2.24, 2.45) is 0 Å². The van der Waals surface area contributed by atoms with Crippen molar-refractivity contribution in [3.05, 3.63) is 101 Å². The number of Topliss-reactive ketones (excluding diaryl/α,β-unsaturated/α-hetero) is 2. The van der Waals surface area contributed by atoms with Gasteiger partial charge in [0.15, 0.2) is 5.78 Å². The van der Waals surface area contributed by atoms with E-state index >= 15 is 0 Å². The Morgan fingerprint density at radius 2 is 1.70 bits per heavy atom. The Bertz CT molecular complexity index is 968. The van der Waals surface area contributed by atoms with Gasteiger partial charge in [0.1, 0.15) is 5.78 Å². The van der Waals surface area contributed by atoms with Crippen LogP contribution in [0, 0.1) is 6.92 Å². The molecule has 0 saturated heterocycles. The monoisotopic (exact) mass is 401 g/mol. The molecule has 0 fully saturated rings. The molecule has 1 N–H and O–H groups in total. The van der Waals surface area contributed by atoms with E-state index in [2.05, 4.69) is 30.1 Å². The van der Waals surface area contributed by atoms with Gasteiger partial charge in [0.25, 0.3) is 0 Å². The van der Waals surface area contributed by atoms with Crippen molar-refractivity contribution in [2.45, 2.75) is 46.5 Å². The van der Waals surface area contributed by atoms with Crippen LogP contribution in [-0.2, 0) is 4.79 Å². The minimum Gasteiger partial charge on any atom is -0.360 e. The Morgan fingerprint density at radius 3 is 2.20 bits per heavy atom. The summed E-state index contributed by atoms with van der Waals surface area (Å²) in [7, 11) is 0. The molecule has 0 aromatic heterocycles. The van der Waals surface area contributed by atoms with E-state index in [9.17, 15) is 9.59 Å². The van der Waals surface area contributed by atoms with Gasteiger partial charge in [0, 0.05) is 16.9 Å². The van der Waals surface area contributed by atoms with E-state index in [4.69, 9.17) is 0 Å². The Hall–Kier alpha value is -3.20. The summed E-state index contributed by atoms with van der Waals surface area (Å²) in [4.78, 5) is 22.9. The third-order valence-electron chi connectivity index (χ3n) is 4.88. The second-order valence-electron chi connectivity index (χ2n) is 7.63. The molecule has 0 spiro atoms. The number of anilines is 1. The average molecular weight is 402 g/mol. The van der Waals surface area contributed by atoms with Gasteiger partial charge in [0.2, 0.25) is 0 Å². The van der Waals surface area contributed by atoms with Crippen LogP contribution in [0.2, 0.25) is 0 Å². The zero-order valence-corrected chi connectivity index (χ0v) is 18.4. The van der Waals surface area contributed by atoms with Gasteiger partial charge in [-0.25, -0.2) is 0 Å². The van der Waals surface area contributed by atoms with Crippen LogP contribution in [0.1, 0.15) is 61.0 Å². The molecule has 0 heterocycles. The van der Waals surface area contributed by atoms with Crippen molar-refractivity contribution in [2.75, 3.05) is 5.32 Å². The van der Waals surface area contributed by atoms with Crippen LogP contribution in [-0.4, -0.2) is 11.6 Å². The highest BCUT2D eigenvalue weighted by molar-refractivity contribution is 5.94. The third-order valence-corrected chi connectivity index (χ3v) is 4.88. The van der Waals surface area contributed by atoms with Crippen LogP contribution < -0.4 is 5.32 Å². The molecule has 2 aromatic carbocycles. The maximum absolute atomic E-state index is 11.8. The fraction of sp³-hybridized carbons (Fsp3) is 0.259. The van der Waals surface area contributed by atoms with Gasteiger partial charge in [-0.2, -0.15) is 0 Å². The topological polar surface area (TPSA) is 46.2 Å². The van der Waals surface area contributed by atoms with Crippen molar-refractivity contribution in [1.82, 2.24) is 0 Å². The zero-order chi connectivity index (χ0) is 22.1. The second kappa shape index (κ2) is 11.1. The fourth-order valence-electron chi connectivity index (χ4n) is 3.41. The van der Waals surface area contributed by atoms with Gasteiger partial charge in [-0.3, -0.25) is 9.59 Å². The summed E-state index contributed by atoms with van der Waals surface area (Å²) in [5.74, 6) is 0.219. The van der Waals surface area contributed by atoms with Crippen molar-refractivity contribution < 1.29 is 9.59 Å². The summed E-state index contributed by atoms with van der Waals surface area (Å²) in [6, 6.07) is 15.6. The molecule has 2 aromatic rings. The van der Waals surface area contributed by atoms with Crippen LogP contribution in [0.25, 0.3) is 0 Å². The molecule has 0 bridgehead atoms. The van der Waals surface area contributed by atoms with E-state index in [0.29, 0.717) is 0 Å². The average Bonchev–Trinajstić information content (AvgIpc) is 2.71. The number of ketones is 2. The quantitative estimate of drug-likeness (QED) is 0.543. The molecule has 1 atom stereocenters. The fourth-order valence-corrected chi connectivity index (χ4v) is 3.41. The van der Waals surface area contributed by atoms with Crippen molar-refractivity contribution in [3.8, 4) is 0 Å². The molecule has 1 unspecified atom stereocenters. The molecule has 3 heteroatoms. The summed E-state index contributed by atoms with van der Waals surface area (Å²) < 4.78 is 0. The standard InChI is InChI=1S/C15H16O.C12H15NO/c1-12(16)15(13-8-4-2-5-9-13)14-10-6-3-7-11-14;1-8(2)13-12-6-5-11(10(4)14)7-9(12)3/h2,4-6,8-11,15H,3,7H2,1H3;5-7,13H,1H2,2-4H3. The number of allylic oxidation sites excluding steroid dienone is 5. The molecule has 1 aliphatic rings. The lowest BCUT2D eigenvalue weighted by Gasteiger charge is -2.17. The van der Waals surface area contributed by atoms with Crippen LogP contribution in [0.4, 0.5) is 5.69 Å². The Labute approximate surface area is 180 Å². The molecule has 156 valence electrons. The van der Waals surface area contributed by atoms with Crippen molar-refractivity contribution >= 4 is 17.3 Å². The smallest absolute Gasteiger partial charge is 0.159 e. The molecule has 0 radical (unpaired) electrons. The molecule has 0 aliphatic heterocycles. The van der Waals surface area contributed by atoms with Gasteiger partial charge in [-0.1, -0.05) is 55.1 Å². The van der Waals surface area contributed by atoms with Crippen LogP contribution >= 0.6 is 0 Å². The normalized spacial score (nSPS) is 13.4. The molecular weight excluding hydrogens is 370 g/mol. The van der Waals surface area contributed by atoms with Gasteiger partial charge in [-0.15, -0.1) is 0 Å². The lowest BCUT2D eigenvalue weighted by Crippen LogP contribution is -2.11. The highest BCUT2D eigenvalue weighted by Gasteiger charge is 2.20. The third kappa shape index (κ3) is 6.70. The highest BCUT2D eigenvalue weighted by atomic mass is 16.1. The minimum atomic E-state index is -0.0854. The van der Waals surface area contributed by atoms with Crippen LogP contribution in [0.15, 0.2) is 84.6 Å². The molecule has 3 rings (SSSR count). The second-order valence-corrected chi connectivity index (χ2v) is 7.63. The van der Waals surface area contributed by atoms with Gasteiger partial charge in [0.05, 0.1) is 5.92 Å². The Balaban J connectivity index is 0.000000216. The van der Waals surface area contributed by atoms with E-state index in [-0.39, 0.29) is 17.5 Å². The van der Waals surface area contributed by atoms with Gasteiger partial charge in [-0.05, 0) is 75.4 Å². The number of carbonyl (C=O) groups excluding carboxylic acids is 2. The van der Waals surface area contributed by atoms with E-state index in [1.807, 2.05) is 62.4 Å². The number of aryl methyl sites for hydroxylation is 1. The summed E-state index contributed by atoms with van der Waals surface area (Å²) >= 11 is 0. The zero-order valence-electron chi connectivity index (χ0n) is 18.4. The largest absolute Gasteiger partial charge is 0.360 e. The number of hydrogen-bond donors (Lipinski definition) is 1. The van der Waals surface area contributed by atoms with E-state index < -0.39 is 0 Å². The number of benzene rings is 2. The SMILES string of the molecule is C=C(C)Nc1ccc(C(C)=O)cc1C.CC(=O)C(C1=CCCC=C1)c1ccccc1. The molecule has 3 nitrogen and oxygen atoms in total. The van der Waals surface area contributed by atoms with Crippen LogP contribution in [0.3, 0.4) is 0 Å². The summed E-state index contributed by atoms with van der Waals surface area (Å²) in [5.41, 5.74) is 5.93. The van der Waals surface area contributed by atoms with E-state index in [1.165, 1.54) is 0 Å². The summed E-state index contributed by atoms with van der Waals surface area (Å²) in [5, 5.41) is 3.13. The molecule has 0 saturated carbocycles. The lowest BCUT2D eigenvalue weighted by molar-refractivity contribution is -0.117. The Morgan fingerprint density at radius 1 is 1.00 bits per heavy atom. The summed E-state index contributed by atoms with van der Waals surface area (Å²) in [6.45, 7) is 10.9. The van der Waals surface area contributed by atoms with Crippen molar-refractivity contribution in [3.63, 3.8) is 0 Å². The molecule has 0 amide bonds. The molecular formula is C27H31NO2. The number of rotatable bonds is 6. The predicted molar refractivity (Wildman–Crippen MR) is 126 cm³/mol. The van der Waals surface area contributed by atoms with Crippen molar-refractivity contribution in [1.29, 1.82) is 0 Å². The first-order valence-corrected chi connectivity index (χ1v) is 10.3. The van der Waals surface area contributed by atoms with E-state index in [1.54, 1.807) is 13.8 Å². The minimum absolute atomic E-state index is 0.0854. The first kappa shape index (κ1) is 23.1. The van der Waals surface area contributed by atoms with Gasteiger partial charge >= 0.3 is 0 Å². The predicted octanol–water partition coefficient (Wildman–Crippen LogP) is 6.78. The van der Waals surface area contributed by atoms with Crippen LogP contribution in [0.5, 0.6) is 0 Å². The molecule has 30 heavy (non-hydrogen) atoms. The maximum atomic E-state index is 11.8. The first-order valence-electron chi connectivity index (χ1n) is 10.3. The summed E-state index contributed by atoms with van der Waals surface area (Å²) in [6.07, 6.45) is 8.54. The van der Waals surface area contributed by atoms with E-state index in [0.717, 1.165) is 46.5 Å². The maximum Gasteiger partial charge on any atom is 0.159 e. The number of hydrogen-bond acceptors (Lipinski definition) is 3. The molecule has 1 aliphatic carbocycles. The highest BCUT2D eigenvalue weighted by Crippen LogP contribution is 2.28.